The number of anilines is 1. The first-order valence-corrected chi connectivity index (χ1v) is 11.1. The topological polar surface area (TPSA) is 83.0 Å². The van der Waals surface area contributed by atoms with Crippen LogP contribution in [0.25, 0.3) is 27.7 Å². The van der Waals surface area contributed by atoms with Gasteiger partial charge in [-0.15, -0.1) is 0 Å². The van der Waals surface area contributed by atoms with Crippen molar-refractivity contribution in [3.05, 3.63) is 66.6 Å². The summed E-state index contributed by atoms with van der Waals surface area (Å²) in [4.78, 5) is 29.4. The zero-order chi connectivity index (χ0) is 24.7. The van der Waals surface area contributed by atoms with Crippen LogP contribution in [0.1, 0.15) is 25.3 Å². The number of fused-ring (bicyclic) bond motifs is 1. The van der Waals surface area contributed by atoms with Crippen LogP contribution in [0.4, 0.5) is 18.9 Å². The minimum absolute atomic E-state index is 0.117. The second kappa shape index (κ2) is 8.61. The number of aromatic amines is 1. The van der Waals surface area contributed by atoms with Gasteiger partial charge in [0.15, 0.2) is 0 Å². The third-order valence-electron chi connectivity index (χ3n) is 6.27. The van der Waals surface area contributed by atoms with Gasteiger partial charge in [0.05, 0.1) is 23.1 Å². The molecule has 2 aromatic carbocycles. The van der Waals surface area contributed by atoms with Crippen molar-refractivity contribution in [3.63, 3.8) is 0 Å². The summed E-state index contributed by atoms with van der Waals surface area (Å²) in [6, 6.07) is 9.99. The van der Waals surface area contributed by atoms with Gasteiger partial charge in [-0.25, -0.2) is 4.68 Å². The SMILES string of the molecule is CC(=O)N1CCCC1C(=O)Nc1c[nH]c2ccc(-c3cnn(-c4ccc(C(F)(F)F)cc4)c3)cc12. The maximum atomic E-state index is 12.9. The van der Waals surface area contributed by atoms with Crippen LogP contribution in [0.5, 0.6) is 0 Å². The third kappa shape index (κ3) is 4.39. The lowest BCUT2D eigenvalue weighted by atomic mass is 10.1. The van der Waals surface area contributed by atoms with E-state index in [0.29, 0.717) is 24.3 Å². The molecule has 35 heavy (non-hydrogen) atoms. The number of H-pyrrole nitrogens is 1. The molecule has 0 radical (unpaired) electrons. The van der Waals surface area contributed by atoms with E-state index >= 15 is 0 Å². The maximum absolute atomic E-state index is 12.9. The first kappa shape index (κ1) is 22.7. The first-order valence-electron chi connectivity index (χ1n) is 11.1. The number of carbonyl (C=O) groups excluding carboxylic acids is 2. The molecule has 2 N–H and O–H groups in total. The van der Waals surface area contributed by atoms with Gasteiger partial charge in [-0.05, 0) is 54.8 Å². The van der Waals surface area contributed by atoms with E-state index in [1.807, 2.05) is 18.2 Å². The van der Waals surface area contributed by atoms with Gasteiger partial charge in [-0.2, -0.15) is 18.3 Å². The van der Waals surface area contributed by atoms with Crippen molar-refractivity contribution in [2.75, 3.05) is 11.9 Å². The molecule has 1 saturated heterocycles. The van der Waals surface area contributed by atoms with Crippen molar-refractivity contribution < 1.29 is 22.8 Å². The number of benzene rings is 2. The molecule has 10 heteroatoms. The van der Waals surface area contributed by atoms with Crippen molar-refractivity contribution in [2.45, 2.75) is 32.0 Å². The quantitative estimate of drug-likeness (QED) is 0.431. The van der Waals surface area contributed by atoms with Gasteiger partial charge in [0.1, 0.15) is 6.04 Å². The minimum Gasteiger partial charge on any atom is -0.359 e. The van der Waals surface area contributed by atoms with Gasteiger partial charge in [-0.3, -0.25) is 9.59 Å². The molecule has 0 bridgehead atoms. The van der Waals surface area contributed by atoms with Crippen molar-refractivity contribution in [2.24, 2.45) is 0 Å². The molecule has 4 aromatic rings. The Bertz CT molecular complexity index is 1400. The lowest BCUT2D eigenvalue weighted by Crippen LogP contribution is -2.42. The largest absolute Gasteiger partial charge is 0.416 e. The van der Waals surface area contributed by atoms with E-state index in [2.05, 4.69) is 15.4 Å². The molecule has 5 rings (SSSR count). The number of rotatable bonds is 4. The summed E-state index contributed by atoms with van der Waals surface area (Å²) in [5, 5.41) is 8.03. The molecule has 0 spiro atoms. The molecule has 0 saturated carbocycles. The summed E-state index contributed by atoms with van der Waals surface area (Å²) in [5.74, 6) is -0.340. The van der Waals surface area contributed by atoms with Gasteiger partial charge in [-0.1, -0.05) is 6.07 Å². The fourth-order valence-corrected chi connectivity index (χ4v) is 4.45. The van der Waals surface area contributed by atoms with Crippen molar-refractivity contribution in [1.82, 2.24) is 19.7 Å². The summed E-state index contributed by atoms with van der Waals surface area (Å²) >= 11 is 0. The number of nitrogens with zero attached hydrogens (tertiary/aromatic N) is 3. The van der Waals surface area contributed by atoms with Crippen molar-refractivity contribution in [1.29, 1.82) is 0 Å². The highest BCUT2D eigenvalue weighted by Gasteiger charge is 2.32. The van der Waals surface area contributed by atoms with Gasteiger partial charge in [0.2, 0.25) is 11.8 Å². The van der Waals surface area contributed by atoms with Gasteiger partial charge in [0.25, 0.3) is 0 Å². The highest BCUT2D eigenvalue weighted by molar-refractivity contribution is 6.05. The maximum Gasteiger partial charge on any atom is 0.416 e. The number of likely N-dealkylation sites (tertiary alicyclic amines) is 1. The summed E-state index contributed by atoms with van der Waals surface area (Å²) in [6.07, 6.45) is 2.10. The smallest absolute Gasteiger partial charge is 0.359 e. The first-order chi connectivity index (χ1) is 16.7. The molecule has 2 aromatic heterocycles. The molecule has 180 valence electrons. The lowest BCUT2D eigenvalue weighted by Gasteiger charge is -2.22. The molecule has 0 aliphatic carbocycles. The average molecular weight is 481 g/mol. The average Bonchev–Trinajstić information content (AvgIpc) is 3.58. The number of hydrogen-bond donors (Lipinski definition) is 2. The predicted octanol–water partition coefficient (Wildman–Crippen LogP) is 4.99. The van der Waals surface area contributed by atoms with E-state index in [1.165, 1.54) is 23.7 Å². The Hall–Kier alpha value is -4.08. The number of nitrogens with one attached hydrogen (secondary N) is 2. The molecule has 1 atom stereocenters. The lowest BCUT2D eigenvalue weighted by molar-refractivity contribution is -0.137. The van der Waals surface area contributed by atoms with Crippen LogP contribution in [-0.4, -0.2) is 44.1 Å². The normalized spacial score (nSPS) is 16.1. The minimum atomic E-state index is -4.39. The van der Waals surface area contributed by atoms with Crippen LogP contribution in [0.3, 0.4) is 0 Å². The van der Waals surface area contributed by atoms with Crippen LogP contribution in [0, 0.1) is 0 Å². The van der Waals surface area contributed by atoms with E-state index in [-0.39, 0.29) is 11.8 Å². The molecule has 7 nitrogen and oxygen atoms in total. The molecule has 1 unspecified atom stereocenters. The van der Waals surface area contributed by atoms with E-state index in [1.54, 1.807) is 23.5 Å². The molecule has 1 aliphatic heterocycles. The second-order valence-corrected chi connectivity index (χ2v) is 8.54. The number of aromatic nitrogens is 3. The molecular weight excluding hydrogens is 459 g/mol. The van der Waals surface area contributed by atoms with Gasteiger partial charge >= 0.3 is 6.18 Å². The zero-order valence-corrected chi connectivity index (χ0v) is 18.8. The van der Waals surface area contributed by atoms with E-state index in [0.717, 1.165) is 40.6 Å². The van der Waals surface area contributed by atoms with E-state index in [9.17, 15) is 22.8 Å². The number of hydrogen-bond acceptors (Lipinski definition) is 3. The second-order valence-electron chi connectivity index (χ2n) is 8.54. The Morgan fingerprint density at radius 2 is 1.89 bits per heavy atom. The molecule has 1 fully saturated rings. The van der Waals surface area contributed by atoms with Crippen LogP contribution >= 0.6 is 0 Å². The van der Waals surface area contributed by atoms with Crippen molar-refractivity contribution >= 4 is 28.4 Å². The summed E-state index contributed by atoms with van der Waals surface area (Å²) < 4.78 is 40.0. The Labute approximate surface area is 198 Å². The van der Waals surface area contributed by atoms with E-state index < -0.39 is 17.8 Å². The highest BCUT2D eigenvalue weighted by Crippen LogP contribution is 2.32. The molecule has 3 heterocycles. The summed E-state index contributed by atoms with van der Waals surface area (Å²) in [6.45, 7) is 2.04. The number of halogens is 3. The van der Waals surface area contributed by atoms with Crippen LogP contribution in [0.15, 0.2) is 61.1 Å². The van der Waals surface area contributed by atoms with Gasteiger partial charge < -0.3 is 15.2 Å². The van der Waals surface area contributed by atoms with Crippen LogP contribution in [-0.2, 0) is 15.8 Å². The Morgan fingerprint density at radius 3 is 2.60 bits per heavy atom. The fourth-order valence-electron chi connectivity index (χ4n) is 4.45. The number of carbonyl (C=O) groups is 2. The monoisotopic (exact) mass is 481 g/mol. The Kier molecular flexibility index (Phi) is 5.58. The van der Waals surface area contributed by atoms with Crippen molar-refractivity contribution in [3.8, 4) is 16.8 Å². The number of amides is 2. The predicted molar refractivity (Wildman–Crippen MR) is 125 cm³/mol. The van der Waals surface area contributed by atoms with Crippen LogP contribution < -0.4 is 5.32 Å². The Morgan fingerprint density at radius 1 is 1.11 bits per heavy atom. The third-order valence-corrected chi connectivity index (χ3v) is 6.27. The van der Waals surface area contributed by atoms with E-state index in [4.69, 9.17) is 0 Å². The number of alkyl halides is 3. The zero-order valence-electron chi connectivity index (χ0n) is 18.8. The summed E-state index contributed by atoms with van der Waals surface area (Å²) in [5.41, 5.74) is 2.82. The highest BCUT2D eigenvalue weighted by atomic mass is 19.4. The fraction of sp³-hybridized carbons (Fsp3) is 0.240. The standard InChI is InChI=1S/C25H22F3N5O2/c1-15(34)32-10-2-3-23(32)24(35)31-22-13-29-21-9-4-16(11-20(21)22)17-12-30-33(14-17)19-7-5-18(6-8-19)25(26,27)28/h4-9,11-14,23,29H,2-3,10H2,1H3,(H,31,35). The molecule has 2 amide bonds. The van der Waals surface area contributed by atoms with Gasteiger partial charge in [0, 0.05) is 42.3 Å². The summed E-state index contributed by atoms with van der Waals surface area (Å²) in [7, 11) is 0. The van der Waals surface area contributed by atoms with Crippen LogP contribution in [0.2, 0.25) is 0 Å². The Balaban J connectivity index is 1.39. The molecular formula is C25H22F3N5O2. The molecule has 1 aliphatic rings.